The van der Waals surface area contributed by atoms with Gasteiger partial charge in [0.2, 0.25) is 10.0 Å². The van der Waals surface area contributed by atoms with Crippen LogP contribution in [0.4, 0.5) is 13.2 Å². The van der Waals surface area contributed by atoms with Gasteiger partial charge in [0.25, 0.3) is 0 Å². The van der Waals surface area contributed by atoms with E-state index in [-0.39, 0.29) is 42.5 Å². The lowest BCUT2D eigenvalue weighted by Crippen LogP contribution is -2.55. The first kappa shape index (κ1) is 20.0. The van der Waals surface area contributed by atoms with Gasteiger partial charge in [-0.15, -0.1) is 12.4 Å². The molecule has 0 amide bonds. The minimum atomic E-state index is -3.89. The van der Waals surface area contributed by atoms with E-state index in [4.69, 9.17) is 0 Å². The molecule has 2 rings (SSSR count). The average Bonchev–Trinajstić information content (AvgIpc) is 2.39. The van der Waals surface area contributed by atoms with Crippen molar-refractivity contribution in [2.24, 2.45) is 0 Å². The summed E-state index contributed by atoms with van der Waals surface area (Å²) < 4.78 is 68.1. The van der Waals surface area contributed by atoms with Crippen LogP contribution in [0.5, 0.6) is 5.75 Å². The lowest BCUT2D eigenvalue weighted by atomic mass is 10.2. The predicted octanol–water partition coefficient (Wildman–Crippen LogP) is 2.22. The summed E-state index contributed by atoms with van der Waals surface area (Å²) in [5, 5.41) is 3.19. The Kier molecular flexibility index (Phi) is 6.70. The summed E-state index contributed by atoms with van der Waals surface area (Å²) in [5.41, 5.74) is 0. The first-order valence-corrected chi connectivity index (χ1v) is 8.14. The molecule has 0 spiro atoms. The van der Waals surface area contributed by atoms with Gasteiger partial charge in [-0.2, -0.15) is 13.1 Å². The molecule has 0 aromatic heterocycles. The Bertz CT molecular complexity index is 635. The molecule has 2 atom stereocenters. The molecule has 1 aromatic carbocycles. The average molecular weight is 375 g/mol. The second-order valence-electron chi connectivity index (χ2n) is 5.26. The molecule has 1 heterocycles. The van der Waals surface area contributed by atoms with Gasteiger partial charge in [0.1, 0.15) is 0 Å². The SMILES string of the molecule is CC1CN(S(=O)(=O)c2ccc(OC(F)F)c(F)c2)CC(C)N1.Cl. The monoisotopic (exact) mass is 374 g/mol. The van der Waals surface area contributed by atoms with Crippen LogP contribution in [0.2, 0.25) is 0 Å². The highest BCUT2D eigenvalue weighted by Gasteiger charge is 2.31. The summed E-state index contributed by atoms with van der Waals surface area (Å²) in [6.07, 6.45) is 0. The number of halogens is 4. The molecule has 0 radical (unpaired) electrons. The highest BCUT2D eigenvalue weighted by atomic mass is 35.5. The van der Waals surface area contributed by atoms with Crippen molar-refractivity contribution in [3.63, 3.8) is 0 Å². The Morgan fingerprint density at radius 3 is 2.30 bits per heavy atom. The largest absolute Gasteiger partial charge is 0.432 e. The number of nitrogens with one attached hydrogen (secondary N) is 1. The molecular formula is C13H18ClF3N2O3S. The number of sulfonamides is 1. The molecule has 23 heavy (non-hydrogen) atoms. The summed E-state index contributed by atoms with van der Waals surface area (Å²) in [5.74, 6) is -1.83. The number of hydrogen-bond donors (Lipinski definition) is 1. The highest BCUT2D eigenvalue weighted by molar-refractivity contribution is 7.89. The van der Waals surface area contributed by atoms with E-state index in [9.17, 15) is 21.6 Å². The Labute approximate surface area is 139 Å². The second kappa shape index (κ2) is 7.69. The van der Waals surface area contributed by atoms with Crippen LogP contribution < -0.4 is 10.1 Å². The molecule has 1 N–H and O–H groups in total. The van der Waals surface area contributed by atoms with Gasteiger partial charge in [0, 0.05) is 25.2 Å². The van der Waals surface area contributed by atoms with Gasteiger partial charge >= 0.3 is 6.61 Å². The summed E-state index contributed by atoms with van der Waals surface area (Å²) in [6.45, 7) is 1.02. The second-order valence-corrected chi connectivity index (χ2v) is 7.20. The molecule has 1 aliphatic rings. The van der Waals surface area contributed by atoms with Crippen LogP contribution >= 0.6 is 12.4 Å². The predicted molar refractivity (Wildman–Crippen MR) is 81.1 cm³/mol. The van der Waals surface area contributed by atoms with Gasteiger partial charge in [-0.05, 0) is 32.0 Å². The molecule has 0 aliphatic carbocycles. The quantitative estimate of drug-likeness (QED) is 0.878. The summed E-state index contributed by atoms with van der Waals surface area (Å²) in [6, 6.07) is 2.58. The number of rotatable bonds is 4. The van der Waals surface area contributed by atoms with Crippen LogP contribution in [0.15, 0.2) is 23.1 Å². The van der Waals surface area contributed by atoms with Crippen molar-refractivity contribution < 1.29 is 26.3 Å². The van der Waals surface area contributed by atoms with Gasteiger partial charge in [-0.25, -0.2) is 12.8 Å². The first-order valence-electron chi connectivity index (χ1n) is 6.70. The first-order chi connectivity index (χ1) is 10.2. The smallest absolute Gasteiger partial charge is 0.387 e. The molecule has 0 saturated carbocycles. The van der Waals surface area contributed by atoms with Crippen LogP contribution in [-0.4, -0.2) is 44.5 Å². The molecule has 5 nitrogen and oxygen atoms in total. The number of nitrogens with zero attached hydrogens (tertiary/aromatic N) is 1. The molecule has 132 valence electrons. The number of alkyl halides is 2. The molecule has 1 aromatic rings. The fraction of sp³-hybridized carbons (Fsp3) is 0.538. The van der Waals surface area contributed by atoms with Crippen molar-refractivity contribution in [3.8, 4) is 5.75 Å². The molecule has 10 heteroatoms. The normalized spacial score (nSPS) is 22.7. The van der Waals surface area contributed by atoms with Crippen LogP contribution in [0, 0.1) is 5.82 Å². The Hall–Kier alpha value is -1.03. The summed E-state index contributed by atoms with van der Waals surface area (Å²) in [4.78, 5) is -0.284. The fourth-order valence-electron chi connectivity index (χ4n) is 2.46. The van der Waals surface area contributed by atoms with E-state index in [2.05, 4.69) is 10.1 Å². The van der Waals surface area contributed by atoms with Gasteiger partial charge < -0.3 is 10.1 Å². The maximum absolute atomic E-state index is 13.7. The molecule has 0 bridgehead atoms. The molecule has 1 saturated heterocycles. The maximum atomic E-state index is 13.7. The standard InChI is InChI=1S/C13H17F3N2O3S.ClH/c1-8-6-18(7-9(2)17-8)22(19,20)10-3-4-12(11(14)5-10)21-13(15)16;/h3-5,8-9,13,17H,6-7H2,1-2H3;1H. The van der Waals surface area contributed by atoms with Gasteiger partial charge in [0.05, 0.1) is 4.90 Å². The minimum absolute atomic E-state index is 0. The van der Waals surface area contributed by atoms with Gasteiger partial charge in [0.15, 0.2) is 11.6 Å². The van der Waals surface area contributed by atoms with E-state index in [0.29, 0.717) is 6.07 Å². The topological polar surface area (TPSA) is 58.6 Å². The van der Waals surface area contributed by atoms with Crippen molar-refractivity contribution >= 4 is 22.4 Å². The lowest BCUT2D eigenvalue weighted by molar-refractivity contribution is -0.0522. The van der Waals surface area contributed by atoms with Crippen LogP contribution in [0.25, 0.3) is 0 Å². The number of hydrogen-bond acceptors (Lipinski definition) is 4. The zero-order chi connectivity index (χ0) is 16.5. The maximum Gasteiger partial charge on any atom is 0.387 e. The van der Waals surface area contributed by atoms with E-state index in [1.807, 2.05) is 13.8 Å². The third-order valence-corrected chi connectivity index (χ3v) is 5.11. The summed E-state index contributed by atoms with van der Waals surface area (Å²) >= 11 is 0. The van der Waals surface area contributed by atoms with E-state index < -0.39 is 28.2 Å². The number of piperazine rings is 1. The van der Waals surface area contributed by atoms with Crippen molar-refractivity contribution in [1.29, 1.82) is 0 Å². The minimum Gasteiger partial charge on any atom is -0.432 e. The number of benzene rings is 1. The molecule has 1 fully saturated rings. The van der Waals surface area contributed by atoms with Crippen molar-refractivity contribution in [2.75, 3.05) is 13.1 Å². The van der Waals surface area contributed by atoms with Gasteiger partial charge in [-0.1, -0.05) is 0 Å². The third kappa shape index (κ3) is 4.72. The Balaban J connectivity index is 0.00000264. The van der Waals surface area contributed by atoms with Crippen LogP contribution in [-0.2, 0) is 10.0 Å². The Morgan fingerprint density at radius 1 is 1.26 bits per heavy atom. The molecule has 1 aliphatic heterocycles. The van der Waals surface area contributed by atoms with Gasteiger partial charge in [-0.3, -0.25) is 0 Å². The zero-order valence-corrected chi connectivity index (χ0v) is 14.1. The van der Waals surface area contributed by atoms with E-state index in [1.165, 1.54) is 4.31 Å². The zero-order valence-electron chi connectivity index (χ0n) is 12.5. The van der Waals surface area contributed by atoms with E-state index in [1.54, 1.807) is 0 Å². The van der Waals surface area contributed by atoms with Crippen molar-refractivity contribution in [2.45, 2.75) is 37.4 Å². The van der Waals surface area contributed by atoms with E-state index in [0.717, 1.165) is 12.1 Å². The fourth-order valence-corrected chi connectivity index (χ4v) is 4.09. The van der Waals surface area contributed by atoms with Crippen LogP contribution in [0.1, 0.15) is 13.8 Å². The lowest BCUT2D eigenvalue weighted by Gasteiger charge is -2.35. The van der Waals surface area contributed by atoms with Crippen molar-refractivity contribution in [1.82, 2.24) is 9.62 Å². The summed E-state index contributed by atoms with van der Waals surface area (Å²) in [7, 11) is -3.89. The van der Waals surface area contributed by atoms with E-state index >= 15 is 0 Å². The molecular weight excluding hydrogens is 357 g/mol. The van der Waals surface area contributed by atoms with Crippen LogP contribution in [0.3, 0.4) is 0 Å². The molecule has 2 unspecified atom stereocenters. The Morgan fingerprint density at radius 2 is 1.83 bits per heavy atom. The number of ether oxygens (including phenoxy) is 1. The van der Waals surface area contributed by atoms with Crippen molar-refractivity contribution in [3.05, 3.63) is 24.0 Å². The third-order valence-electron chi connectivity index (χ3n) is 3.28. The highest BCUT2D eigenvalue weighted by Crippen LogP contribution is 2.25.